The molecule has 3 rings (SSSR count). The molecule has 0 bridgehead atoms. The average molecular weight is 349 g/mol. The van der Waals surface area contributed by atoms with Gasteiger partial charge in [0.25, 0.3) is 0 Å². The lowest BCUT2D eigenvalue weighted by Crippen LogP contribution is -2.23. The highest BCUT2D eigenvalue weighted by molar-refractivity contribution is 5.57. The van der Waals surface area contributed by atoms with Crippen LogP contribution in [0.2, 0.25) is 0 Å². The lowest BCUT2D eigenvalue weighted by Gasteiger charge is -2.16. The smallest absolute Gasteiger partial charge is 0.366 e. The fourth-order valence-corrected chi connectivity index (χ4v) is 2.20. The molecule has 3 aromatic heterocycles. The molecule has 1 atom stereocenters. The summed E-state index contributed by atoms with van der Waals surface area (Å²) in [6, 6.07) is 3.78. The topological polar surface area (TPSA) is 81.4 Å². The van der Waals surface area contributed by atoms with Crippen molar-refractivity contribution < 1.29 is 13.2 Å². The van der Waals surface area contributed by atoms with Crippen LogP contribution < -0.4 is 5.32 Å². The van der Waals surface area contributed by atoms with E-state index in [4.69, 9.17) is 0 Å². The van der Waals surface area contributed by atoms with E-state index in [-0.39, 0.29) is 17.7 Å². The van der Waals surface area contributed by atoms with E-state index >= 15 is 0 Å². The zero-order chi connectivity index (χ0) is 17.9. The summed E-state index contributed by atoms with van der Waals surface area (Å²) in [5.74, 6) is 0.0643. The summed E-state index contributed by atoms with van der Waals surface area (Å²) in [5.41, 5.74) is -0.558. The van der Waals surface area contributed by atoms with Crippen LogP contribution in [0.1, 0.15) is 12.6 Å². The number of hydrogen-bond acceptors (Lipinski definition) is 6. The monoisotopic (exact) mass is 349 g/mol. The number of halogens is 3. The number of anilines is 1. The van der Waals surface area contributed by atoms with Gasteiger partial charge in [-0.25, -0.2) is 15.0 Å². The molecular formula is C15H14F3N7. The van der Waals surface area contributed by atoms with Gasteiger partial charge in [0.15, 0.2) is 11.5 Å². The molecule has 0 aromatic carbocycles. The first-order valence-electron chi connectivity index (χ1n) is 7.37. The lowest BCUT2D eigenvalue weighted by molar-refractivity contribution is -0.141. The van der Waals surface area contributed by atoms with E-state index in [1.807, 2.05) is 6.92 Å². The molecule has 1 unspecified atom stereocenters. The Balaban J connectivity index is 1.89. The molecule has 0 fully saturated rings. The Labute approximate surface area is 141 Å². The molecule has 0 aliphatic rings. The van der Waals surface area contributed by atoms with Crippen molar-refractivity contribution in [2.45, 2.75) is 25.7 Å². The zero-order valence-electron chi connectivity index (χ0n) is 13.1. The molecule has 0 saturated heterocycles. The molecule has 25 heavy (non-hydrogen) atoms. The normalized spacial score (nSPS) is 12.8. The molecule has 1 N–H and O–H groups in total. The van der Waals surface area contributed by atoms with Crippen LogP contribution in [0.25, 0.3) is 11.4 Å². The fraction of sp³-hybridized carbons (Fsp3) is 0.267. The second-order valence-electron chi connectivity index (χ2n) is 5.36. The third-order valence-corrected chi connectivity index (χ3v) is 3.28. The molecule has 3 heterocycles. The number of hydrogen-bond donors (Lipinski definition) is 1. The third kappa shape index (κ3) is 4.28. The van der Waals surface area contributed by atoms with Crippen molar-refractivity contribution >= 4 is 5.82 Å². The van der Waals surface area contributed by atoms with Crippen LogP contribution in [-0.4, -0.2) is 35.8 Å². The lowest BCUT2D eigenvalue weighted by atomic mass is 10.2. The Morgan fingerprint density at radius 2 is 1.92 bits per heavy atom. The van der Waals surface area contributed by atoms with E-state index in [1.54, 1.807) is 16.8 Å². The van der Waals surface area contributed by atoms with Crippen LogP contribution >= 0.6 is 0 Å². The maximum Gasteiger partial charge on any atom is 0.433 e. The van der Waals surface area contributed by atoms with Gasteiger partial charge in [-0.15, -0.1) is 0 Å². The van der Waals surface area contributed by atoms with E-state index in [9.17, 15) is 13.2 Å². The predicted octanol–water partition coefficient (Wildman–Crippen LogP) is 2.65. The van der Waals surface area contributed by atoms with Crippen LogP contribution in [0.5, 0.6) is 0 Å². The Kier molecular flexibility index (Phi) is 4.59. The van der Waals surface area contributed by atoms with Gasteiger partial charge in [0.05, 0.1) is 6.54 Å². The van der Waals surface area contributed by atoms with Gasteiger partial charge in [0, 0.05) is 30.1 Å². The quantitative estimate of drug-likeness (QED) is 0.763. The Morgan fingerprint density at radius 1 is 1.16 bits per heavy atom. The summed E-state index contributed by atoms with van der Waals surface area (Å²) in [4.78, 5) is 15.5. The molecule has 0 spiro atoms. The van der Waals surface area contributed by atoms with Crippen molar-refractivity contribution in [3.8, 4) is 11.4 Å². The summed E-state index contributed by atoms with van der Waals surface area (Å²) in [6.07, 6.45) is 1.29. The summed E-state index contributed by atoms with van der Waals surface area (Å²) in [6.45, 7) is 2.24. The van der Waals surface area contributed by atoms with Crippen molar-refractivity contribution in [2.75, 3.05) is 5.32 Å². The summed E-state index contributed by atoms with van der Waals surface area (Å²) in [7, 11) is 0. The van der Waals surface area contributed by atoms with Crippen molar-refractivity contribution in [2.24, 2.45) is 0 Å². The van der Waals surface area contributed by atoms with Gasteiger partial charge >= 0.3 is 6.18 Å². The van der Waals surface area contributed by atoms with Gasteiger partial charge in [-0.05, 0) is 19.1 Å². The number of aromatic nitrogens is 6. The summed E-state index contributed by atoms with van der Waals surface area (Å²) >= 11 is 0. The molecule has 130 valence electrons. The van der Waals surface area contributed by atoms with Gasteiger partial charge < -0.3 is 5.32 Å². The number of rotatable bonds is 5. The largest absolute Gasteiger partial charge is 0.433 e. The number of alkyl halides is 3. The highest BCUT2D eigenvalue weighted by Crippen LogP contribution is 2.30. The molecule has 7 nitrogen and oxygen atoms in total. The van der Waals surface area contributed by atoms with Gasteiger partial charge in [-0.3, -0.25) is 9.67 Å². The number of pyridine rings is 1. The first-order chi connectivity index (χ1) is 11.9. The van der Waals surface area contributed by atoms with Gasteiger partial charge in [-0.1, -0.05) is 0 Å². The van der Waals surface area contributed by atoms with E-state index in [0.29, 0.717) is 12.1 Å². The molecule has 0 aliphatic heterocycles. The zero-order valence-corrected chi connectivity index (χ0v) is 13.1. The Hall–Kier alpha value is -3.04. The standard InChI is InChI=1S/C15H14F3N7/c1-10(7-25-9-20-8-21-25)22-13-6-12(15(16,17)18)23-14(24-13)11-2-4-19-5-3-11/h2-6,8-10H,7H2,1H3,(H,22,23,24). The van der Waals surface area contributed by atoms with Crippen LogP contribution in [0.15, 0.2) is 43.2 Å². The van der Waals surface area contributed by atoms with Crippen LogP contribution in [0.4, 0.5) is 19.0 Å². The van der Waals surface area contributed by atoms with Gasteiger partial charge in [0.2, 0.25) is 0 Å². The van der Waals surface area contributed by atoms with Crippen molar-refractivity contribution in [1.82, 2.24) is 29.7 Å². The van der Waals surface area contributed by atoms with Crippen molar-refractivity contribution in [3.63, 3.8) is 0 Å². The van der Waals surface area contributed by atoms with E-state index < -0.39 is 11.9 Å². The minimum atomic E-state index is -4.57. The van der Waals surface area contributed by atoms with E-state index in [1.165, 1.54) is 25.0 Å². The molecule has 10 heteroatoms. The second-order valence-corrected chi connectivity index (χ2v) is 5.36. The third-order valence-electron chi connectivity index (χ3n) is 3.28. The van der Waals surface area contributed by atoms with E-state index in [2.05, 4.69) is 30.4 Å². The predicted molar refractivity (Wildman–Crippen MR) is 83.4 cm³/mol. The van der Waals surface area contributed by atoms with Gasteiger partial charge in [0.1, 0.15) is 18.5 Å². The molecule has 3 aromatic rings. The maximum absolute atomic E-state index is 13.2. The van der Waals surface area contributed by atoms with Crippen molar-refractivity contribution in [1.29, 1.82) is 0 Å². The second kappa shape index (κ2) is 6.83. The van der Waals surface area contributed by atoms with Crippen LogP contribution in [0.3, 0.4) is 0 Å². The fourth-order valence-electron chi connectivity index (χ4n) is 2.20. The number of nitrogens with one attached hydrogen (secondary N) is 1. The first-order valence-corrected chi connectivity index (χ1v) is 7.37. The molecule has 0 amide bonds. The van der Waals surface area contributed by atoms with Crippen LogP contribution in [0, 0.1) is 0 Å². The van der Waals surface area contributed by atoms with Crippen molar-refractivity contribution in [3.05, 3.63) is 48.9 Å². The SMILES string of the molecule is CC(Cn1cncn1)Nc1cc(C(F)(F)F)nc(-c2ccncc2)n1. The minimum Gasteiger partial charge on any atom is -0.366 e. The minimum absolute atomic E-state index is 0.0207. The maximum atomic E-state index is 13.2. The van der Waals surface area contributed by atoms with E-state index in [0.717, 1.165) is 6.07 Å². The first kappa shape index (κ1) is 16.8. The molecule has 0 aliphatic carbocycles. The Morgan fingerprint density at radius 3 is 2.56 bits per heavy atom. The number of nitrogens with zero attached hydrogens (tertiary/aromatic N) is 6. The van der Waals surface area contributed by atoms with Gasteiger partial charge in [-0.2, -0.15) is 18.3 Å². The highest BCUT2D eigenvalue weighted by Gasteiger charge is 2.34. The molecular weight excluding hydrogens is 335 g/mol. The molecule has 0 saturated carbocycles. The Bertz CT molecular complexity index is 819. The summed E-state index contributed by atoms with van der Waals surface area (Å²) < 4.78 is 41.0. The summed E-state index contributed by atoms with van der Waals surface area (Å²) in [5, 5.41) is 6.91. The molecule has 0 radical (unpaired) electrons. The average Bonchev–Trinajstić information content (AvgIpc) is 3.07. The van der Waals surface area contributed by atoms with Crippen LogP contribution in [-0.2, 0) is 12.7 Å². The highest BCUT2D eigenvalue weighted by atomic mass is 19.4.